The molecule has 0 N–H and O–H groups in total. The van der Waals surface area contributed by atoms with Gasteiger partial charge in [0.15, 0.2) is 0 Å². The van der Waals surface area contributed by atoms with Crippen molar-refractivity contribution in [3.8, 4) is 0 Å². The second-order valence-electron chi connectivity index (χ2n) is 9.35. The summed E-state index contributed by atoms with van der Waals surface area (Å²) in [6.45, 7) is 9.29. The van der Waals surface area contributed by atoms with E-state index in [2.05, 4.69) is 13.8 Å². The summed E-state index contributed by atoms with van der Waals surface area (Å²) in [5.41, 5.74) is 0. The Morgan fingerprint density at radius 3 is 1.63 bits per heavy atom. The molecule has 0 aromatic rings. The van der Waals surface area contributed by atoms with Crippen LogP contribution < -0.4 is 0 Å². The zero-order chi connectivity index (χ0) is 22.2. The fourth-order valence-electron chi connectivity index (χ4n) is 3.54. The minimum atomic E-state index is -0.608. The first kappa shape index (κ1) is 26.6. The monoisotopic (exact) mass is 428 g/mol. The molecule has 0 radical (unpaired) electrons. The van der Waals surface area contributed by atoms with Gasteiger partial charge in [0, 0.05) is 0 Å². The molecule has 0 saturated heterocycles. The van der Waals surface area contributed by atoms with Crippen LogP contribution in [0.25, 0.3) is 0 Å². The normalized spacial score (nSPS) is 19.0. The number of ether oxygens (including phenoxy) is 4. The molecule has 1 aliphatic rings. The summed E-state index contributed by atoms with van der Waals surface area (Å²) in [5.74, 6) is 1.09. The number of carbonyl (C=O) groups is 2. The van der Waals surface area contributed by atoms with Crippen molar-refractivity contribution in [3.63, 3.8) is 0 Å². The lowest BCUT2D eigenvalue weighted by Crippen LogP contribution is -2.30. The number of rotatable bonds is 14. The van der Waals surface area contributed by atoms with Crippen LogP contribution in [0.1, 0.15) is 105 Å². The second kappa shape index (κ2) is 16.3. The van der Waals surface area contributed by atoms with E-state index in [0.29, 0.717) is 38.9 Å². The Labute approximate surface area is 183 Å². The third-order valence-corrected chi connectivity index (χ3v) is 5.33. The van der Waals surface area contributed by atoms with Crippen molar-refractivity contribution in [2.75, 3.05) is 13.2 Å². The summed E-state index contributed by atoms with van der Waals surface area (Å²) in [7, 11) is 0. The molecule has 1 aliphatic carbocycles. The van der Waals surface area contributed by atoms with Gasteiger partial charge in [0.25, 0.3) is 0 Å². The predicted molar refractivity (Wildman–Crippen MR) is 118 cm³/mol. The third kappa shape index (κ3) is 14.5. The molecule has 0 aliphatic heterocycles. The summed E-state index contributed by atoms with van der Waals surface area (Å²) in [6, 6.07) is 0. The molecule has 0 aromatic heterocycles. The minimum absolute atomic E-state index is 0.158. The van der Waals surface area contributed by atoms with Gasteiger partial charge in [0.05, 0.1) is 13.2 Å². The molecular formula is C24H44O6. The van der Waals surface area contributed by atoms with Crippen molar-refractivity contribution in [1.29, 1.82) is 0 Å². The van der Waals surface area contributed by atoms with E-state index < -0.39 is 12.3 Å². The molecule has 0 atom stereocenters. The number of unbranched alkanes of at least 4 members (excludes halogenated alkanes) is 6. The van der Waals surface area contributed by atoms with Gasteiger partial charge in [0.2, 0.25) is 0 Å². The third-order valence-electron chi connectivity index (χ3n) is 5.33. The maximum Gasteiger partial charge on any atom is 0.508 e. The van der Waals surface area contributed by atoms with E-state index in [-0.39, 0.29) is 18.1 Å². The maximum absolute atomic E-state index is 11.8. The van der Waals surface area contributed by atoms with Crippen LogP contribution in [0, 0.1) is 11.8 Å². The van der Waals surface area contributed by atoms with Crippen LogP contribution in [-0.4, -0.2) is 37.7 Å². The Kier molecular flexibility index (Phi) is 14.4. The highest BCUT2D eigenvalue weighted by molar-refractivity contribution is 5.60. The van der Waals surface area contributed by atoms with Crippen molar-refractivity contribution in [2.24, 2.45) is 11.8 Å². The van der Waals surface area contributed by atoms with Crippen LogP contribution in [0.15, 0.2) is 0 Å². The molecule has 1 saturated carbocycles. The maximum atomic E-state index is 11.8. The van der Waals surface area contributed by atoms with E-state index in [0.717, 1.165) is 18.8 Å². The summed E-state index contributed by atoms with van der Waals surface area (Å²) in [6.07, 6.45) is 10.9. The Morgan fingerprint density at radius 2 is 1.13 bits per heavy atom. The SMILES string of the molecule is CC(C)CCCCCCCCCOC(=O)OC1CCC(OC(=O)OCC(C)C)CC1. The van der Waals surface area contributed by atoms with E-state index in [9.17, 15) is 9.59 Å². The number of hydrogen-bond acceptors (Lipinski definition) is 6. The fourth-order valence-corrected chi connectivity index (χ4v) is 3.54. The van der Waals surface area contributed by atoms with Gasteiger partial charge in [-0.25, -0.2) is 9.59 Å². The average Bonchev–Trinajstić information content (AvgIpc) is 2.69. The largest absolute Gasteiger partial charge is 0.508 e. The Bertz CT molecular complexity index is 455. The van der Waals surface area contributed by atoms with Gasteiger partial charge in [-0.2, -0.15) is 0 Å². The molecule has 6 heteroatoms. The molecule has 0 unspecified atom stereocenters. The first-order chi connectivity index (χ1) is 14.4. The van der Waals surface area contributed by atoms with Crippen LogP contribution in [0.4, 0.5) is 9.59 Å². The summed E-state index contributed by atoms with van der Waals surface area (Å²) < 4.78 is 20.9. The van der Waals surface area contributed by atoms with Crippen molar-refractivity contribution < 1.29 is 28.5 Å². The lowest BCUT2D eigenvalue weighted by Gasteiger charge is -2.27. The zero-order valence-corrected chi connectivity index (χ0v) is 19.7. The van der Waals surface area contributed by atoms with Gasteiger partial charge in [-0.15, -0.1) is 0 Å². The van der Waals surface area contributed by atoms with Gasteiger partial charge in [0.1, 0.15) is 12.2 Å². The van der Waals surface area contributed by atoms with Crippen LogP contribution >= 0.6 is 0 Å². The molecule has 1 rings (SSSR count). The van der Waals surface area contributed by atoms with Crippen molar-refractivity contribution >= 4 is 12.3 Å². The van der Waals surface area contributed by atoms with Gasteiger partial charge >= 0.3 is 12.3 Å². The smallest absolute Gasteiger partial charge is 0.434 e. The molecule has 1 fully saturated rings. The van der Waals surface area contributed by atoms with Gasteiger partial charge in [-0.3, -0.25) is 0 Å². The van der Waals surface area contributed by atoms with E-state index in [4.69, 9.17) is 18.9 Å². The summed E-state index contributed by atoms with van der Waals surface area (Å²) in [5, 5.41) is 0. The molecule has 0 bridgehead atoms. The van der Waals surface area contributed by atoms with E-state index >= 15 is 0 Å². The summed E-state index contributed by atoms with van der Waals surface area (Å²) >= 11 is 0. The van der Waals surface area contributed by atoms with Gasteiger partial charge < -0.3 is 18.9 Å². The molecule has 0 spiro atoms. The lowest BCUT2D eigenvalue weighted by molar-refractivity contribution is -0.0285. The van der Waals surface area contributed by atoms with Gasteiger partial charge in [-0.1, -0.05) is 72.6 Å². The highest BCUT2D eigenvalue weighted by atomic mass is 16.7. The lowest BCUT2D eigenvalue weighted by atomic mass is 9.95. The molecule has 30 heavy (non-hydrogen) atoms. The van der Waals surface area contributed by atoms with Crippen molar-refractivity contribution in [2.45, 2.75) is 117 Å². The first-order valence-corrected chi connectivity index (χ1v) is 12.0. The standard InChI is InChI=1S/C24H44O6/c1-19(2)12-10-8-6-5-7-9-11-17-27-23(25)29-21-13-15-22(16-14-21)30-24(26)28-18-20(3)4/h19-22H,5-18H2,1-4H3. The van der Waals surface area contributed by atoms with Crippen LogP contribution in [0.2, 0.25) is 0 Å². The predicted octanol–water partition coefficient (Wildman–Crippen LogP) is 7.04. The number of hydrogen-bond donors (Lipinski definition) is 0. The van der Waals surface area contributed by atoms with Crippen LogP contribution in [0.5, 0.6) is 0 Å². The van der Waals surface area contributed by atoms with E-state index in [1.165, 1.54) is 38.5 Å². The van der Waals surface area contributed by atoms with E-state index in [1.54, 1.807) is 0 Å². The van der Waals surface area contributed by atoms with Crippen molar-refractivity contribution in [1.82, 2.24) is 0 Å². The summed E-state index contributed by atoms with van der Waals surface area (Å²) in [4.78, 5) is 23.4. The Balaban J connectivity index is 1.96. The van der Waals surface area contributed by atoms with Crippen LogP contribution in [0.3, 0.4) is 0 Å². The Morgan fingerprint density at radius 1 is 0.667 bits per heavy atom. The average molecular weight is 429 g/mol. The minimum Gasteiger partial charge on any atom is -0.434 e. The first-order valence-electron chi connectivity index (χ1n) is 12.0. The zero-order valence-electron chi connectivity index (χ0n) is 19.7. The quantitative estimate of drug-likeness (QED) is 0.218. The molecule has 0 heterocycles. The molecule has 0 aromatic carbocycles. The molecular weight excluding hydrogens is 384 g/mol. The topological polar surface area (TPSA) is 71.1 Å². The fraction of sp³-hybridized carbons (Fsp3) is 0.917. The molecule has 0 amide bonds. The Hall–Kier alpha value is -1.46. The number of carbonyl (C=O) groups excluding carboxylic acids is 2. The van der Waals surface area contributed by atoms with Crippen molar-refractivity contribution in [3.05, 3.63) is 0 Å². The highest BCUT2D eigenvalue weighted by Gasteiger charge is 2.27. The molecule has 6 nitrogen and oxygen atoms in total. The second-order valence-corrected chi connectivity index (χ2v) is 9.35. The van der Waals surface area contributed by atoms with Crippen LogP contribution in [-0.2, 0) is 18.9 Å². The molecule has 176 valence electrons. The van der Waals surface area contributed by atoms with E-state index in [1.807, 2.05) is 13.8 Å². The highest BCUT2D eigenvalue weighted by Crippen LogP contribution is 2.24. The van der Waals surface area contributed by atoms with Gasteiger partial charge in [-0.05, 0) is 43.9 Å².